The summed E-state index contributed by atoms with van der Waals surface area (Å²) in [6.07, 6.45) is 1.77. The summed E-state index contributed by atoms with van der Waals surface area (Å²) in [5, 5.41) is 0. The monoisotopic (exact) mass is 271 g/mol. The highest BCUT2D eigenvalue weighted by Gasteiger charge is 2.27. The summed E-state index contributed by atoms with van der Waals surface area (Å²) < 4.78 is 33.9. The van der Waals surface area contributed by atoms with E-state index in [-0.39, 0.29) is 12.6 Å². The molecule has 1 aromatic rings. The quantitative estimate of drug-likeness (QED) is 0.705. The molecule has 0 radical (unpaired) electrons. The van der Waals surface area contributed by atoms with Crippen LogP contribution < -0.4 is 19.9 Å². The summed E-state index contributed by atoms with van der Waals surface area (Å²) in [7, 11) is -2.08. The standard InChI is InChI=1S/C11H17N3O3S/c1-17-10-4-2-3-8(7-12)11(10)14-18(15,16)13-9-5-6-9/h2-4,9,13-14H,5-7,12H2,1H3. The van der Waals surface area contributed by atoms with Crippen molar-refractivity contribution in [3.8, 4) is 5.75 Å². The average molecular weight is 271 g/mol. The molecule has 0 aliphatic heterocycles. The van der Waals surface area contributed by atoms with E-state index in [1.54, 1.807) is 18.2 Å². The van der Waals surface area contributed by atoms with Crippen LogP contribution in [0.25, 0.3) is 0 Å². The van der Waals surface area contributed by atoms with Gasteiger partial charge in [0.05, 0.1) is 12.8 Å². The lowest BCUT2D eigenvalue weighted by atomic mass is 10.1. The molecule has 7 heteroatoms. The van der Waals surface area contributed by atoms with Crippen LogP contribution in [0.5, 0.6) is 5.75 Å². The molecule has 0 atom stereocenters. The lowest BCUT2D eigenvalue weighted by Crippen LogP contribution is -2.32. The Bertz CT molecular complexity index is 504. The van der Waals surface area contributed by atoms with Crippen LogP contribution in [0.1, 0.15) is 18.4 Å². The number of nitrogens with two attached hydrogens (primary N) is 1. The van der Waals surface area contributed by atoms with Gasteiger partial charge in [-0.05, 0) is 24.5 Å². The third-order valence-electron chi connectivity index (χ3n) is 2.69. The van der Waals surface area contributed by atoms with Crippen LogP contribution in [0, 0.1) is 0 Å². The second kappa shape index (κ2) is 5.13. The van der Waals surface area contributed by atoms with E-state index in [4.69, 9.17) is 10.5 Å². The van der Waals surface area contributed by atoms with Crippen molar-refractivity contribution in [1.82, 2.24) is 4.72 Å². The molecule has 1 saturated carbocycles. The Balaban J connectivity index is 2.25. The van der Waals surface area contributed by atoms with E-state index in [9.17, 15) is 8.42 Å². The maximum absolute atomic E-state index is 11.9. The minimum Gasteiger partial charge on any atom is -0.495 e. The molecule has 0 saturated heterocycles. The van der Waals surface area contributed by atoms with Crippen molar-refractivity contribution in [2.45, 2.75) is 25.4 Å². The maximum atomic E-state index is 11.9. The lowest BCUT2D eigenvalue weighted by molar-refractivity contribution is 0.416. The van der Waals surface area contributed by atoms with Crippen LogP contribution in [0.15, 0.2) is 18.2 Å². The van der Waals surface area contributed by atoms with Gasteiger partial charge in [-0.25, -0.2) is 0 Å². The molecule has 0 spiro atoms. The van der Waals surface area contributed by atoms with Crippen molar-refractivity contribution in [2.75, 3.05) is 11.8 Å². The molecule has 0 aromatic heterocycles. The van der Waals surface area contributed by atoms with Gasteiger partial charge in [0.15, 0.2) is 0 Å². The van der Waals surface area contributed by atoms with E-state index >= 15 is 0 Å². The van der Waals surface area contributed by atoms with Crippen molar-refractivity contribution in [2.24, 2.45) is 5.73 Å². The zero-order valence-corrected chi connectivity index (χ0v) is 11.0. The first-order valence-corrected chi connectivity index (χ1v) is 7.20. The summed E-state index contributed by atoms with van der Waals surface area (Å²) in [5.74, 6) is 0.458. The molecular formula is C11H17N3O3S. The third kappa shape index (κ3) is 3.12. The van der Waals surface area contributed by atoms with Crippen LogP contribution in [0.2, 0.25) is 0 Å². The first kappa shape index (κ1) is 13.1. The zero-order valence-electron chi connectivity index (χ0n) is 10.1. The van der Waals surface area contributed by atoms with Crippen LogP contribution in [0.4, 0.5) is 5.69 Å². The minimum absolute atomic E-state index is 0.0542. The highest BCUT2D eigenvalue weighted by atomic mass is 32.2. The first-order valence-electron chi connectivity index (χ1n) is 5.71. The second-order valence-electron chi connectivity index (χ2n) is 4.20. The number of ether oxygens (including phenoxy) is 1. The van der Waals surface area contributed by atoms with Crippen LogP contribution >= 0.6 is 0 Å². The molecule has 0 bridgehead atoms. The van der Waals surface area contributed by atoms with E-state index in [1.807, 2.05) is 0 Å². The highest BCUT2D eigenvalue weighted by molar-refractivity contribution is 7.90. The topological polar surface area (TPSA) is 93.4 Å². The van der Waals surface area contributed by atoms with Gasteiger partial charge in [-0.15, -0.1) is 0 Å². The minimum atomic E-state index is -3.57. The molecule has 1 fully saturated rings. The highest BCUT2D eigenvalue weighted by Crippen LogP contribution is 2.29. The number of anilines is 1. The van der Waals surface area contributed by atoms with E-state index in [0.717, 1.165) is 12.8 Å². The number of methoxy groups -OCH3 is 1. The number of benzene rings is 1. The van der Waals surface area contributed by atoms with E-state index in [0.29, 0.717) is 17.0 Å². The summed E-state index contributed by atoms with van der Waals surface area (Å²) in [4.78, 5) is 0. The Kier molecular flexibility index (Phi) is 3.74. The number of nitrogens with one attached hydrogen (secondary N) is 2. The summed E-state index contributed by atoms with van der Waals surface area (Å²) in [6.45, 7) is 0.235. The van der Waals surface area contributed by atoms with E-state index in [1.165, 1.54) is 7.11 Å². The van der Waals surface area contributed by atoms with Gasteiger partial charge in [0, 0.05) is 12.6 Å². The SMILES string of the molecule is COc1cccc(CN)c1NS(=O)(=O)NC1CC1. The third-order valence-corrected chi connectivity index (χ3v) is 3.80. The van der Waals surface area contributed by atoms with Gasteiger partial charge in [0.2, 0.25) is 0 Å². The smallest absolute Gasteiger partial charge is 0.299 e. The van der Waals surface area contributed by atoms with Gasteiger partial charge < -0.3 is 10.5 Å². The van der Waals surface area contributed by atoms with Crippen molar-refractivity contribution in [1.29, 1.82) is 0 Å². The van der Waals surface area contributed by atoms with Gasteiger partial charge in [-0.1, -0.05) is 12.1 Å². The molecule has 1 aliphatic rings. The van der Waals surface area contributed by atoms with Gasteiger partial charge in [0.1, 0.15) is 5.75 Å². The zero-order chi connectivity index (χ0) is 13.2. The molecule has 100 valence electrons. The first-order chi connectivity index (χ1) is 8.55. The average Bonchev–Trinajstić information content (AvgIpc) is 3.12. The summed E-state index contributed by atoms with van der Waals surface area (Å²) in [5.41, 5.74) is 6.68. The molecule has 0 heterocycles. The molecule has 1 aromatic carbocycles. The number of hydrogen-bond donors (Lipinski definition) is 3. The summed E-state index contributed by atoms with van der Waals surface area (Å²) in [6, 6.07) is 5.28. The molecule has 6 nitrogen and oxygen atoms in total. The Morgan fingerprint density at radius 1 is 1.44 bits per heavy atom. The van der Waals surface area contributed by atoms with Gasteiger partial charge in [-0.2, -0.15) is 13.1 Å². The normalized spacial score (nSPS) is 15.4. The molecule has 18 heavy (non-hydrogen) atoms. The predicted octanol–water partition coefficient (Wildman–Crippen LogP) is 0.563. The number of hydrogen-bond acceptors (Lipinski definition) is 4. The molecule has 0 amide bonds. The Morgan fingerprint density at radius 2 is 2.17 bits per heavy atom. The predicted molar refractivity (Wildman–Crippen MR) is 69.6 cm³/mol. The fourth-order valence-electron chi connectivity index (χ4n) is 1.62. The van der Waals surface area contributed by atoms with E-state index in [2.05, 4.69) is 9.44 Å². The van der Waals surface area contributed by atoms with Gasteiger partial charge >= 0.3 is 0 Å². The van der Waals surface area contributed by atoms with Crippen LogP contribution in [0.3, 0.4) is 0 Å². The molecular weight excluding hydrogens is 254 g/mol. The van der Waals surface area contributed by atoms with Crippen LogP contribution in [-0.2, 0) is 16.8 Å². The van der Waals surface area contributed by atoms with Crippen molar-refractivity contribution in [3.05, 3.63) is 23.8 Å². The Hall–Kier alpha value is -1.31. The van der Waals surface area contributed by atoms with Crippen LogP contribution in [-0.4, -0.2) is 21.6 Å². The fourth-order valence-corrected chi connectivity index (χ4v) is 2.85. The Labute approximate surface area is 107 Å². The fraction of sp³-hybridized carbons (Fsp3) is 0.455. The molecule has 1 aliphatic carbocycles. The van der Waals surface area contributed by atoms with E-state index < -0.39 is 10.2 Å². The van der Waals surface area contributed by atoms with Gasteiger partial charge in [0.25, 0.3) is 10.2 Å². The Morgan fingerprint density at radius 3 is 2.72 bits per heavy atom. The lowest BCUT2D eigenvalue weighted by Gasteiger charge is -2.15. The number of para-hydroxylation sites is 1. The summed E-state index contributed by atoms with van der Waals surface area (Å²) >= 11 is 0. The molecule has 4 N–H and O–H groups in total. The van der Waals surface area contributed by atoms with Gasteiger partial charge in [-0.3, -0.25) is 4.72 Å². The van der Waals surface area contributed by atoms with Crippen molar-refractivity contribution in [3.63, 3.8) is 0 Å². The largest absolute Gasteiger partial charge is 0.495 e. The van der Waals surface area contributed by atoms with Crippen molar-refractivity contribution >= 4 is 15.9 Å². The molecule has 0 unspecified atom stereocenters. The number of rotatable bonds is 6. The second-order valence-corrected chi connectivity index (χ2v) is 5.64. The van der Waals surface area contributed by atoms with Crippen molar-refractivity contribution < 1.29 is 13.2 Å². The maximum Gasteiger partial charge on any atom is 0.299 e. The molecule has 2 rings (SSSR count).